The molecule has 0 unspecified atom stereocenters. The first-order valence-electron chi connectivity index (χ1n) is 10.1. The highest BCUT2D eigenvalue weighted by atomic mass is 16.2. The number of benzene rings is 1. The summed E-state index contributed by atoms with van der Waals surface area (Å²) in [6.45, 7) is 5.07. The fraction of sp³-hybridized carbons (Fsp3) is 0.682. The van der Waals surface area contributed by atoms with Crippen molar-refractivity contribution in [2.45, 2.75) is 90.9 Å². The van der Waals surface area contributed by atoms with Gasteiger partial charge in [-0.25, -0.2) is 0 Å². The van der Waals surface area contributed by atoms with Crippen LogP contribution < -0.4 is 4.90 Å². The van der Waals surface area contributed by atoms with E-state index < -0.39 is 0 Å². The number of para-hydroxylation sites is 1. The number of carbonyl (C=O) groups is 1. The van der Waals surface area contributed by atoms with E-state index in [9.17, 15) is 4.79 Å². The van der Waals surface area contributed by atoms with Gasteiger partial charge in [0.1, 0.15) is 0 Å². The number of nitrogens with zero attached hydrogens (tertiary/aromatic N) is 1. The zero-order valence-corrected chi connectivity index (χ0v) is 15.9. The fourth-order valence-corrected chi connectivity index (χ4v) is 3.19. The van der Waals surface area contributed by atoms with Crippen LogP contribution in [-0.4, -0.2) is 12.5 Å². The molecule has 0 aliphatic carbocycles. The zero-order valence-electron chi connectivity index (χ0n) is 15.9. The lowest BCUT2D eigenvalue weighted by molar-refractivity contribution is -0.118. The molecule has 0 N–H and O–H groups in total. The maximum absolute atomic E-state index is 12.4. The normalized spacial score (nSPS) is 10.8. The number of unbranched alkanes of at least 4 members (excludes halogenated alkanes) is 10. The Hall–Kier alpha value is -1.31. The third-order valence-corrected chi connectivity index (χ3v) is 4.68. The Morgan fingerprint density at radius 2 is 1.25 bits per heavy atom. The van der Waals surface area contributed by atoms with Crippen LogP contribution in [0.2, 0.25) is 0 Å². The summed E-state index contributed by atoms with van der Waals surface area (Å²) in [4.78, 5) is 14.3. The quantitative estimate of drug-likeness (QED) is 0.346. The summed E-state index contributed by atoms with van der Waals surface area (Å²) in [6.07, 6.45) is 15.2. The van der Waals surface area contributed by atoms with Gasteiger partial charge in [-0.3, -0.25) is 4.79 Å². The van der Waals surface area contributed by atoms with Gasteiger partial charge in [0.25, 0.3) is 0 Å². The number of hydrogen-bond donors (Lipinski definition) is 0. The van der Waals surface area contributed by atoms with Gasteiger partial charge >= 0.3 is 0 Å². The minimum atomic E-state index is 0.264. The van der Waals surface area contributed by atoms with Gasteiger partial charge in [0, 0.05) is 18.7 Å². The van der Waals surface area contributed by atoms with Crippen molar-refractivity contribution in [3.63, 3.8) is 0 Å². The van der Waals surface area contributed by atoms with Crippen molar-refractivity contribution in [2.24, 2.45) is 0 Å². The van der Waals surface area contributed by atoms with Crippen LogP contribution in [0.25, 0.3) is 0 Å². The van der Waals surface area contributed by atoms with Crippen LogP contribution in [0, 0.1) is 0 Å². The summed E-state index contributed by atoms with van der Waals surface area (Å²) in [7, 11) is 0. The highest BCUT2D eigenvalue weighted by Crippen LogP contribution is 2.16. The van der Waals surface area contributed by atoms with Gasteiger partial charge in [-0.15, -0.1) is 0 Å². The van der Waals surface area contributed by atoms with E-state index in [-0.39, 0.29) is 5.91 Å². The number of carbonyl (C=O) groups excluding carboxylic acids is 1. The summed E-state index contributed by atoms with van der Waals surface area (Å²) < 4.78 is 0. The third-order valence-electron chi connectivity index (χ3n) is 4.68. The molecule has 0 radical (unpaired) electrons. The van der Waals surface area contributed by atoms with Crippen LogP contribution in [0.3, 0.4) is 0 Å². The van der Waals surface area contributed by atoms with Gasteiger partial charge in [-0.05, 0) is 25.5 Å². The summed E-state index contributed by atoms with van der Waals surface area (Å²) in [5.74, 6) is 0.264. The van der Waals surface area contributed by atoms with Gasteiger partial charge in [0.2, 0.25) is 5.91 Å². The van der Waals surface area contributed by atoms with E-state index in [4.69, 9.17) is 0 Å². The van der Waals surface area contributed by atoms with Crippen molar-refractivity contribution < 1.29 is 4.79 Å². The Labute approximate surface area is 149 Å². The maximum atomic E-state index is 12.4. The van der Waals surface area contributed by atoms with Crippen LogP contribution in [-0.2, 0) is 4.79 Å². The van der Waals surface area contributed by atoms with E-state index in [1.165, 1.54) is 64.2 Å². The molecule has 24 heavy (non-hydrogen) atoms. The molecule has 1 aromatic carbocycles. The monoisotopic (exact) mass is 331 g/mol. The largest absolute Gasteiger partial charge is 0.313 e. The molecule has 2 nitrogen and oxygen atoms in total. The first-order valence-corrected chi connectivity index (χ1v) is 10.1. The molecule has 0 fully saturated rings. The molecule has 0 aliphatic heterocycles. The summed E-state index contributed by atoms with van der Waals surface area (Å²) in [6, 6.07) is 10.0. The Kier molecular flexibility index (Phi) is 12.2. The van der Waals surface area contributed by atoms with Crippen LogP contribution in [0.5, 0.6) is 0 Å². The van der Waals surface area contributed by atoms with Gasteiger partial charge in [-0.1, -0.05) is 89.3 Å². The standard InChI is InChI=1S/C22H37NO/c1-3-5-6-7-8-9-10-11-12-13-17-20-22(24)23(4-2)21-18-15-14-16-19-21/h14-16,18-19H,3-13,17,20H2,1-2H3. The van der Waals surface area contributed by atoms with Gasteiger partial charge in [-0.2, -0.15) is 0 Å². The van der Waals surface area contributed by atoms with Crippen molar-refractivity contribution in [1.29, 1.82) is 0 Å². The van der Waals surface area contributed by atoms with E-state index in [1.807, 2.05) is 42.2 Å². The van der Waals surface area contributed by atoms with E-state index in [2.05, 4.69) is 6.92 Å². The fourth-order valence-electron chi connectivity index (χ4n) is 3.19. The number of amides is 1. The lowest BCUT2D eigenvalue weighted by atomic mass is 10.1. The van der Waals surface area contributed by atoms with Gasteiger partial charge in [0.15, 0.2) is 0 Å². The predicted octanol–water partition coefficient (Wildman–Crippen LogP) is 6.74. The van der Waals surface area contributed by atoms with E-state index >= 15 is 0 Å². The number of anilines is 1. The second-order valence-electron chi connectivity index (χ2n) is 6.76. The topological polar surface area (TPSA) is 20.3 Å². The highest BCUT2D eigenvalue weighted by Gasteiger charge is 2.12. The lowest BCUT2D eigenvalue weighted by Crippen LogP contribution is -2.30. The molecule has 1 amide bonds. The molecule has 0 bridgehead atoms. The minimum absolute atomic E-state index is 0.264. The minimum Gasteiger partial charge on any atom is -0.313 e. The number of hydrogen-bond acceptors (Lipinski definition) is 1. The van der Waals surface area contributed by atoms with Crippen molar-refractivity contribution in [3.8, 4) is 0 Å². The average molecular weight is 332 g/mol. The molecule has 0 aromatic heterocycles. The van der Waals surface area contributed by atoms with Crippen molar-refractivity contribution in [3.05, 3.63) is 30.3 Å². The van der Waals surface area contributed by atoms with E-state index in [0.29, 0.717) is 6.42 Å². The van der Waals surface area contributed by atoms with E-state index in [0.717, 1.165) is 18.7 Å². The van der Waals surface area contributed by atoms with Gasteiger partial charge in [0.05, 0.1) is 0 Å². The molecule has 0 saturated heterocycles. The van der Waals surface area contributed by atoms with Crippen LogP contribution in [0.1, 0.15) is 90.9 Å². The molecule has 2 heteroatoms. The molecule has 1 aromatic rings. The molecule has 0 aliphatic rings. The first kappa shape index (κ1) is 20.7. The Balaban J connectivity index is 2.03. The molecule has 0 heterocycles. The van der Waals surface area contributed by atoms with Crippen LogP contribution in [0.4, 0.5) is 5.69 Å². The number of rotatable bonds is 14. The lowest BCUT2D eigenvalue weighted by Gasteiger charge is -2.21. The molecule has 136 valence electrons. The average Bonchev–Trinajstić information content (AvgIpc) is 2.61. The van der Waals surface area contributed by atoms with Crippen LogP contribution >= 0.6 is 0 Å². The predicted molar refractivity (Wildman–Crippen MR) is 106 cm³/mol. The smallest absolute Gasteiger partial charge is 0.226 e. The SMILES string of the molecule is CCCCCCCCCCCCCC(=O)N(CC)c1ccccc1. The maximum Gasteiger partial charge on any atom is 0.226 e. The zero-order chi connectivity index (χ0) is 17.5. The Bertz CT molecular complexity index is 415. The molecular weight excluding hydrogens is 294 g/mol. The van der Waals surface area contributed by atoms with Crippen molar-refractivity contribution in [1.82, 2.24) is 0 Å². The van der Waals surface area contributed by atoms with Crippen LogP contribution in [0.15, 0.2) is 30.3 Å². The highest BCUT2D eigenvalue weighted by molar-refractivity contribution is 5.93. The van der Waals surface area contributed by atoms with Crippen molar-refractivity contribution >= 4 is 11.6 Å². The second-order valence-corrected chi connectivity index (χ2v) is 6.76. The summed E-state index contributed by atoms with van der Waals surface area (Å²) in [5, 5.41) is 0. The summed E-state index contributed by atoms with van der Waals surface area (Å²) >= 11 is 0. The molecule has 0 atom stereocenters. The molecular formula is C22H37NO. The first-order chi connectivity index (χ1) is 11.8. The van der Waals surface area contributed by atoms with E-state index in [1.54, 1.807) is 0 Å². The van der Waals surface area contributed by atoms with Gasteiger partial charge < -0.3 is 4.90 Å². The Morgan fingerprint density at radius 3 is 1.75 bits per heavy atom. The second kappa shape index (κ2) is 14.1. The Morgan fingerprint density at radius 1 is 0.750 bits per heavy atom. The third kappa shape index (κ3) is 9.10. The summed E-state index contributed by atoms with van der Waals surface area (Å²) in [5.41, 5.74) is 1.02. The molecule has 1 rings (SSSR count). The molecule has 0 spiro atoms. The van der Waals surface area contributed by atoms with Crippen molar-refractivity contribution in [2.75, 3.05) is 11.4 Å². The molecule has 0 saturated carbocycles.